The zero-order valence-electron chi connectivity index (χ0n) is 11.4. The molecule has 0 aromatic heterocycles. The summed E-state index contributed by atoms with van der Waals surface area (Å²) in [6, 6.07) is 20.6. The van der Waals surface area contributed by atoms with Gasteiger partial charge in [-0.15, -0.1) is 0 Å². The van der Waals surface area contributed by atoms with E-state index in [0.717, 1.165) is 22.9 Å². The molecule has 0 saturated heterocycles. The Hall–Kier alpha value is -1.70. The number of thioether (sulfide) groups is 2. The topological polar surface area (TPSA) is 36.1 Å². The number of thiocyanates is 1. The van der Waals surface area contributed by atoms with Crippen molar-refractivity contribution in [3.63, 3.8) is 0 Å². The molecule has 0 radical (unpaired) electrons. The van der Waals surface area contributed by atoms with Gasteiger partial charge in [0.25, 0.3) is 0 Å². The highest BCUT2D eigenvalue weighted by atomic mass is 32.2. The highest BCUT2D eigenvalue weighted by Gasteiger charge is 2.39. The monoisotopic (exact) mass is 310 g/mol. The summed E-state index contributed by atoms with van der Waals surface area (Å²) in [6.07, 6.45) is 0. The van der Waals surface area contributed by atoms with E-state index in [-0.39, 0.29) is 4.75 Å². The van der Waals surface area contributed by atoms with Crippen LogP contribution in [0.2, 0.25) is 0 Å². The van der Waals surface area contributed by atoms with Crippen LogP contribution in [0.25, 0.3) is 0 Å². The van der Waals surface area contributed by atoms with Crippen molar-refractivity contribution in [3.05, 3.63) is 71.8 Å². The number of aliphatic imine (C=N–C) groups is 1. The van der Waals surface area contributed by atoms with Crippen LogP contribution in [0.3, 0.4) is 0 Å². The largest absolute Gasteiger partial charge is 0.276 e. The molecular formula is C17H14N2S2. The van der Waals surface area contributed by atoms with Gasteiger partial charge in [0.15, 0.2) is 0 Å². The van der Waals surface area contributed by atoms with Gasteiger partial charge in [-0.1, -0.05) is 72.4 Å². The fourth-order valence-electron chi connectivity index (χ4n) is 2.38. The summed E-state index contributed by atoms with van der Waals surface area (Å²) in [4.78, 5) is 4.75. The summed E-state index contributed by atoms with van der Waals surface area (Å²) in [5, 5.41) is 12.2. The van der Waals surface area contributed by atoms with E-state index in [0.29, 0.717) is 0 Å². The van der Waals surface area contributed by atoms with Gasteiger partial charge >= 0.3 is 0 Å². The molecule has 1 atom stereocenters. The fourth-order valence-corrected chi connectivity index (χ4v) is 4.48. The molecule has 3 rings (SSSR count). The van der Waals surface area contributed by atoms with Crippen LogP contribution in [-0.4, -0.2) is 17.3 Å². The van der Waals surface area contributed by atoms with Crippen molar-refractivity contribution in [2.45, 2.75) is 4.75 Å². The van der Waals surface area contributed by atoms with E-state index < -0.39 is 0 Å². The van der Waals surface area contributed by atoms with Crippen molar-refractivity contribution < 1.29 is 0 Å². The molecule has 1 aliphatic rings. The predicted octanol–water partition coefficient (Wildman–Crippen LogP) is 4.29. The molecule has 1 aliphatic heterocycles. The maximum Gasteiger partial charge on any atom is 0.133 e. The minimum atomic E-state index is -0.132. The molecule has 1 unspecified atom stereocenters. The third kappa shape index (κ3) is 2.99. The van der Waals surface area contributed by atoms with Gasteiger partial charge < -0.3 is 0 Å². The SMILES string of the molecule is N#CSCC1(c2ccccc2)CN=C(c2ccccc2)S1. The van der Waals surface area contributed by atoms with Crippen molar-refractivity contribution in [1.82, 2.24) is 0 Å². The number of benzene rings is 2. The Bertz CT molecular complexity index is 677. The molecule has 2 aromatic rings. The summed E-state index contributed by atoms with van der Waals surface area (Å²) >= 11 is 3.09. The smallest absolute Gasteiger partial charge is 0.133 e. The lowest BCUT2D eigenvalue weighted by atomic mass is 10.0. The highest BCUT2D eigenvalue weighted by Crippen LogP contribution is 2.45. The molecule has 0 saturated carbocycles. The summed E-state index contributed by atoms with van der Waals surface area (Å²) in [6.45, 7) is 0.723. The standard InChI is InChI=1S/C17H14N2S2/c18-13-20-12-17(15-9-5-2-6-10-15)11-19-16(21-17)14-7-3-1-4-8-14/h1-10H,11-12H2. The molecule has 0 N–H and O–H groups in total. The van der Waals surface area contributed by atoms with Gasteiger partial charge in [-0.05, 0) is 17.3 Å². The van der Waals surface area contributed by atoms with E-state index in [1.807, 2.05) is 24.3 Å². The van der Waals surface area contributed by atoms with Gasteiger partial charge in [0.05, 0.1) is 16.3 Å². The molecule has 104 valence electrons. The number of nitrogens with zero attached hydrogens (tertiary/aromatic N) is 2. The van der Waals surface area contributed by atoms with Crippen molar-refractivity contribution in [2.75, 3.05) is 12.3 Å². The van der Waals surface area contributed by atoms with Crippen molar-refractivity contribution in [2.24, 2.45) is 4.99 Å². The molecule has 0 amide bonds. The molecule has 4 heteroatoms. The van der Waals surface area contributed by atoms with E-state index >= 15 is 0 Å². The number of rotatable bonds is 4. The lowest BCUT2D eigenvalue weighted by molar-refractivity contribution is 0.734. The highest BCUT2D eigenvalue weighted by molar-refractivity contribution is 8.16. The molecule has 0 fully saturated rings. The van der Waals surface area contributed by atoms with Gasteiger partial charge in [-0.2, -0.15) is 5.26 Å². The van der Waals surface area contributed by atoms with Crippen LogP contribution >= 0.6 is 23.5 Å². The van der Waals surface area contributed by atoms with Gasteiger partial charge in [-0.25, -0.2) is 0 Å². The first-order valence-electron chi connectivity index (χ1n) is 6.69. The molecule has 0 aliphatic carbocycles. The van der Waals surface area contributed by atoms with E-state index in [2.05, 4.69) is 41.8 Å². The maximum absolute atomic E-state index is 8.94. The second-order valence-corrected chi connectivity index (χ2v) is 6.96. The van der Waals surface area contributed by atoms with Gasteiger partial charge in [0.1, 0.15) is 5.40 Å². The zero-order chi connectivity index (χ0) is 14.5. The molecule has 0 bridgehead atoms. The van der Waals surface area contributed by atoms with E-state index in [9.17, 15) is 0 Å². The average Bonchev–Trinajstić information content (AvgIpc) is 3.00. The Morgan fingerprint density at radius 2 is 1.76 bits per heavy atom. The van der Waals surface area contributed by atoms with Crippen molar-refractivity contribution >= 4 is 28.6 Å². The zero-order valence-corrected chi connectivity index (χ0v) is 13.0. The van der Waals surface area contributed by atoms with Crippen LogP contribution in [0.1, 0.15) is 11.1 Å². The number of hydrogen-bond acceptors (Lipinski definition) is 4. The predicted molar refractivity (Wildman–Crippen MR) is 91.6 cm³/mol. The molecule has 2 nitrogen and oxygen atoms in total. The van der Waals surface area contributed by atoms with Crippen LogP contribution < -0.4 is 0 Å². The average molecular weight is 310 g/mol. The summed E-state index contributed by atoms with van der Waals surface area (Å²) in [5.41, 5.74) is 2.40. The van der Waals surface area contributed by atoms with Crippen LogP contribution in [-0.2, 0) is 4.75 Å². The van der Waals surface area contributed by atoms with E-state index in [1.165, 1.54) is 17.3 Å². The number of hydrogen-bond donors (Lipinski definition) is 0. The van der Waals surface area contributed by atoms with Gasteiger partial charge in [0.2, 0.25) is 0 Å². The van der Waals surface area contributed by atoms with Crippen LogP contribution in [0.5, 0.6) is 0 Å². The van der Waals surface area contributed by atoms with Crippen molar-refractivity contribution in [1.29, 1.82) is 5.26 Å². The van der Waals surface area contributed by atoms with E-state index in [4.69, 9.17) is 10.3 Å². The molecular weight excluding hydrogens is 296 g/mol. The van der Waals surface area contributed by atoms with Crippen LogP contribution in [0, 0.1) is 10.7 Å². The summed E-state index contributed by atoms with van der Waals surface area (Å²) in [7, 11) is 0. The molecule has 1 heterocycles. The lowest BCUT2D eigenvalue weighted by Gasteiger charge is -2.26. The fraction of sp³-hybridized carbons (Fsp3) is 0.176. The Morgan fingerprint density at radius 1 is 1.10 bits per heavy atom. The first-order chi connectivity index (χ1) is 10.3. The Balaban J connectivity index is 1.90. The molecule has 2 aromatic carbocycles. The van der Waals surface area contributed by atoms with Gasteiger partial charge in [-0.3, -0.25) is 4.99 Å². The molecule has 0 spiro atoms. The second kappa shape index (κ2) is 6.38. The Morgan fingerprint density at radius 3 is 2.43 bits per heavy atom. The Labute approximate surface area is 133 Å². The van der Waals surface area contributed by atoms with Crippen LogP contribution in [0.4, 0.5) is 0 Å². The third-order valence-corrected chi connectivity index (χ3v) is 5.87. The van der Waals surface area contributed by atoms with Gasteiger partial charge in [0, 0.05) is 11.3 Å². The first-order valence-corrected chi connectivity index (χ1v) is 8.50. The maximum atomic E-state index is 8.94. The van der Waals surface area contributed by atoms with Crippen molar-refractivity contribution in [3.8, 4) is 5.40 Å². The third-order valence-electron chi connectivity index (χ3n) is 3.46. The van der Waals surface area contributed by atoms with Crippen LogP contribution in [0.15, 0.2) is 65.7 Å². The summed E-state index contributed by atoms with van der Waals surface area (Å²) < 4.78 is -0.132. The quantitative estimate of drug-likeness (QED) is 0.790. The normalized spacial score (nSPS) is 20.8. The molecule has 21 heavy (non-hydrogen) atoms. The minimum Gasteiger partial charge on any atom is -0.276 e. The van der Waals surface area contributed by atoms with E-state index in [1.54, 1.807) is 11.8 Å². The minimum absolute atomic E-state index is 0.132. The Kier molecular flexibility index (Phi) is 4.33. The number of nitriles is 1. The first kappa shape index (κ1) is 14.2. The lowest BCUT2D eigenvalue weighted by Crippen LogP contribution is -2.26. The second-order valence-electron chi connectivity index (χ2n) is 4.83. The summed E-state index contributed by atoms with van der Waals surface area (Å²) in [5.74, 6) is 0.748.